The Balaban J connectivity index is 1.87. The number of benzene rings is 1. The number of pyridine rings is 1. The molecular formula is C21H21BrN4S. The van der Waals surface area contributed by atoms with E-state index in [0.29, 0.717) is 0 Å². The molecule has 0 radical (unpaired) electrons. The molecule has 4 rings (SSSR count). The molecule has 1 aromatic carbocycles. The Morgan fingerprint density at radius 1 is 1.11 bits per heavy atom. The maximum Gasteiger partial charge on any atom is 0.174 e. The van der Waals surface area contributed by atoms with Crippen molar-refractivity contribution in [2.75, 3.05) is 4.90 Å². The highest BCUT2D eigenvalue weighted by atomic mass is 79.9. The summed E-state index contributed by atoms with van der Waals surface area (Å²) in [7, 11) is 2.10. The zero-order valence-corrected chi connectivity index (χ0v) is 17.9. The van der Waals surface area contributed by atoms with E-state index in [1.807, 2.05) is 18.3 Å². The van der Waals surface area contributed by atoms with Crippen molar-refractivity contribution < 1.29 is 0 Å². The molecule has 1 N–H and O–H groups in total. The third-order valence-electron chi connectivity index (χ3n) is 5.23. The summed E-state index contributed by atoms with van der Waals surface area (Å²) in [5.41, 5.74) is 5.67. The van der Waals surface area contributed by atoms with Crippen molar-refractivity contribution in [1.29, 1.82) is 0 Å². The minimum absolute atomic E-state index is 0.0179. The minimum Gasteiger partial charge on any atom is -0.351 e. The molecule has 1 fully saturated rings. The van der Waals surface area contributed by atoms with Crippen molar-refractivity contribution in [2.45, 2.75) is 25.9 Å². The number of rotatable bonds is 3. The summed E-state index contributed by atoms with van der Waals surface area (Å²) in [4.78, 5) is 6.81. The van der Waals surface area contributed by atoms with Gasteiger partial charge in [0.05, 0.1) is 11.7 Å². The average Bonchev–Trinajstić information content (AvgIpc) is 3.18. The molecule has 2 atom stereocenters. The summed E-state index contributed by atoms with van der Waals surface area (Å²) in [5, 5.41) is 4.23. The van der Waals surface area contributed by atoms with Crippen LogP contribution in [0.5, 0.6) is 0 Å². The van der Waals surface area contributed by atoms with Crippen LogP contribution in [0.25, 0.3) is 0 Å². The first-order chi connectivity index (χ1) is 13.0. The van der Waals surface area contributed by atoms with Gasteiger partial charge in [-0.3, -0.25) is 4.98 Å². The van der Waals surface area contributed by atoms with Crippen LogP contribution in [0, 0.1) is 13.8 Å². The molecule has 1 aliphatic heterocycles. The number of nitrogens with zero attached hydrogens (tertiary/aromatic N) is 3. The number of nitrogens with one attached hydrogen (secondary N) is 1. The molecule has 3 heterocycles. The standard InChI is InChI=1S/C21H21BrN4S/c1-13-12-15(8-9-16(13)22)26-20(18-10-7-14(2)25(18)3)19(24-21(26)27)17-6-4-5-11-23-17/h4-12,19-20H,1-3H3,(H,24,27)/t19-,20-/m1/s1. The molecule has 4 nitrogen and oxygen atoms in total. The first-order valence-electron chi connectivity index (χ1n) is 8.86. The van der Waals surface area contributed by atoms with Gasteiger partial charge >= 0.3 is 0 Å². The smallest absolute Gasteiger partial charge is 0.174 e. The van der Waals surface area contributed by atoms with Crippen LogP contribution in [0.2, 0.25) is 0 Å². The number of aromatic nitrogens is 2. The largest absolute Gasteiger partial charge is 0.351 e. The fourth-order valence-corrected chi connectivity index (χ4v) is 4.23. The van der Waals surface area contributed by atoms with Crippen molar-refractivity contribution in [2.24, 2.45) is 7.05 Å². The van der Waals surface area contributed by atoms with E-state index in [9.17, 15) is 0 Å². The van der Waals surface area contributed by atoms with Gasteiger partial charge in [-0.1, -0.05) is 22.0 Å². The van der Waals surface area contributed by atoms with Gasteiger partial charge in [0.15, 0.2) is 5.11 Å². The molecule has 1 saturated heterocycles. The number of halogens is 1. The Bertz CT molecular complexity index is 999. The van der Waals surface area contributed by atoms with Crippen LogP contribution in [0.3, 0.4) is 0 Å². The summed E-state index contributed by atoms with van der Waals surface area (Å²) in [5.74, 6) is 0. The zero-order chi connectivity index (χ0) is 19.1. The second-order valence-electron chi connectivity index (χ2n) is 6.89. The molecule has 27 heavy (non-hydrogen) atoms. The van der Waals surface area contributed by atoms with E-state index in [0.717, 1.165) is 21.0 Å². The third-order valence-corrected chi connectivity index (χ3v) is 6.44. The van der Waals surface area contributed by atoms with E-state index in [-0.39, 0.29) is 12.1 Å². The fourth-order valence-electron chi connectivity index (χ4n) is 3.64. The van der Waals surface area contributed by atoms with E-state index in [1.165, 1.54) is 17.0 Å². The molecule has 0 saturated carbocycles. The quantitative estimate of drug-likeness (QED) is 0.582. The minimum atomic E-state index is -0.0179. The van der Waals surface area contributed by atoms with Crippen molar-refractivity contribution >= 4 is 38.9 Å². The van der Waals surface area contributed by atoms with Crippen LogP contribution in [0.4, 0.5) is 5.69 Å². The molecule has 0 aliphatic carbocycles. The molecule has 138 valence electrons. The van der Waals surface area contributed by atoms with Crippen molar-refractivity contribution in [3.8, 4) is 0 Å². The predicted octanol–water partition coefficient (Wildman–Crippen LogP) is 4.98. The molecular weight excluding hydrogens is 420 g/mol. The van der Waals surface area contributed by atoms with Crippen LogP contribution in [0.1, 0.15) is 34.7 Å². The summed E-state index contributed by atoms with van der Waals surface area (Å²) >= 11 is 9.36. The first kappa shape index (κ1) is 18.2. The summed E-state index contributed by atoms with van der Waals surface area (Å²) in [6.07, 6.45) is 1.83. The lowest BCUT2D eigenvalue weighted by Crippen LogP contribution is -2.30. The number of aryl methyl sites for hydroxylation is 2. The highest BCUT2D eigenvalue weighted by Crippen LogP contribution is 2.42. The lowest BCUT2D eigenvalue weighted by Gasteiger charge is -2.29. The molecule has 6 heteroatoms. The second-order valence-corrected chi connectivity index (χ2v) is 8.13. The molecule has 0 unspecified atom stereocenters. The van der Waals surface area contributed by atoms with E-state index in [2.05, 4.69) is 93.0 Å². The lowest BCUT2D eigenvalue weighted by atomic mass is 10.0. The molecule has 0 spiro atoms. The van der Waals surface area contributed by atoms with Crippen LogP contribution in [0.15, 0.2) is 59.2 Å². The highest BCUT2D eigenvalue weighted by molar-refractivity contribution is 9.10. The number of hydrogen-bond acceptors (Lipinski definition) is 2. The highest BCUT2D eigenvalue weighted by Gasteiger charge is 2.42. The summed E-state index contributed by atoms with van der Waals surface area (Å²) < 4.78 is 3.33. The second kappa shape index (κ2) is 7.09. The molecule has 0 bridgehead atoms. The SMILES string of the molecule is Cc1cc(N2C(=S)N[C@H](c3ccccn3)[C@H]2c2ccc(C)n2C)ccc1Br. The molecule has 1 aliphatic rings. The van der Waals surface area contributed by atoms with Gasteiger partial charge in [-0.2, -0.15) is 0 Å². The van der Waals surface area contributed by atoms with Gasteiger partial charge in [-0.05, 0) is 74.1 Å². The van der Waals surface area contributed by atoms with Crippen LogP contribution >= 0.6 is 28.1 Å². The lowest BCUT2D eigenvalue weighted by molar-refractivity contribution is 0.539. The number of hydrogen-bond donors (Lipinski definition) is 1. The maximum atomic E-state index is 5.77. The summed E-state index contributed by atoms with van der Waals surface area (Å²) in [6.45, 7) is 4.21. The Hall–Kier alpha value is -2.18. The third kappa shape index (κ3) is 3.17. The molecule has 0 amide bonds. The van der Waals surface area contributed by atoms with Gasteiger partial charge in [0.1, 0.15) is 6.04 Å². The number of anilines is 1. The Labute approximate surface area is 173 Å². The van der Waals surface area contributed by atoms with Crippen LogP contribution in [-0.4, -0.2) is 14.7 Å². The van der Waals surface area contributed by atoms with Crippen molar-refractivity contribution in [3.63, 3.8) is 0 Å². The monoisotopic (exact) mass is 440 g/mol. The summed E-state index contributed by atoms with van der Waals surface area (Å²) in [6, 6.07) is 16.7. The van der Waals surface area contributed by atoms with Crippen molar-refractivity contribution in [1.82, 2.24) is 14.9 Å². The molecule has 3 aromatic rings. The van der Waals surface area contributed by atoms with Gasteiger partial charge in [-0.25, -0.2) is 0 Å². The van der Waals surface area contributed by atoms with Gasteiger partial charge in [0, 0.05) is 34.8 Å². The zero-order valence-electron chi connectivity index (χ0n) is 15.5. The average molecular weight is 441 g/mol. The normalized spacial score (nSPS) is 19.4. The predicted molar refractivity (Wildman–Crippen MR) is 117 cm³/mol. The Kier molecular flexibility index (Phi) is 4.78. The van der Waals surface area contributed by atoms with Gasteiger partial charge in [-0.15, -0.1) is 0 Å². The van der Waals surface area contributed by atoms with E-state index in [1.54, 1.807) is 0 Å². The van der Waals surface area contributed by atoms with Crippen molar-refractivity contribution in [3.05, 3.63) is 81.8 Å². The van der Waals surface area contributed by atoms with Gasteiger partial charge in [0.2, 0.25) is 0 Å². The van der Waals surface area contributed by atoms with Crippen LogP contribution in [-0.2, 0) is 7.05 Å². The fraction of sp³-hybridized carbons (Fsp3) is 0.238. The van der Waals surface area contributed by atoms with Crippen LogP contribution < -0.4 is 10.2 Å². The van der Waals surface area contributed by atoms with E-state index in [4.69, 9.17) is 12.2 Å². The topological polar surface area (TPSA) is 33.1 Å². The van der Waals surface area contributed by atoms with Gasteiger partial charge in [0.25, 0.3) is 0 Å². The van der Waals surface area contributed by atoms with E-state index < -0.39 is 0 Å². The number of thiocarbonyl (C=S) groups is 1. The molecule has 2 aromatic heterocycles. The Morgan fingerprint density at radius 2 is 1.93 bits per heavy atom. The first-order valence-corrected chi connectivity index (χ1v) is 10.1. The Morgan fingerprint density at radius 3 is 2.56 bits per heavy atom. The van der Waals surface area contributed by atoms with E-state index >= 15 is 0 Å². The maximum absolute atomic E-state index is 5.77. The van der Waals surface area contributed by atoms with Gasteiger partial charge < -0.3 is 14.8 Å².